The van der Waals surface area contributed by atoms with E-state index < -0.39 is 81.6 Å². The van der Waals surface area contributed by atoms with Crippen molar-refractivity contribution in [3.63, 3.8) is 0 Å². The molecule has 0 bridgehead atoms. The molecule has 1 saturated carbocycles. The first kappa shape index (κ1) is 34.4. The lowest BCUT2D eigenvalue weighted by molar-refractivity contribution is -0.140. The van der Waals surface area contributed by atoms with E-state index in [1.165, 1.54) is 15.3 Å². The van der Waals surface area contributed by atoms with E-state index in [2.05, 4.69) is 10.3 Å². The number of hydrogen-bond acceptors (Lipinski definition) is 5. The highest BCUT2D eigenvalue weighted by atomic mass is 127. The molecular formula is C32H31F5IN5O4. The Morgan fingerprint density at radius 3 is 2.28 bits per heavy atom. The van der Waals surface area contributed by atoms with Crippen molar-refractivity contribution in [1.29, 1.82) is 5.41 Å². The monoisotopic (exact) mass is 771 g/mol. The summed E-state index contributed by atoms with van der Waals surface area (Å²) in [6, 6.07) is 0.00369. The molecule has 0 radical (unpaired) electrons. The fraction of sp³-hybridized carbons (Fsp3) is 0.406. The molecule has 5 rings (SSSR count). The molecular weight excluding hydrogens is 740 g/mol. The van der Waals surface area contributed by atoms with Crippen LogP contribution in [0.5, 0.6) is 0 Å². The van der Waals surface area contributed by atoms with Crippen LogP contribution < -0.4 is 5.32 Å². The van der Waals surface area contributed by atoms with Crippen molar-refractivity contribution in [2.24, 2.45) is 16.7 Å². The molecule has 1 aliphatic heterocycles. The Morgan fingerprint density at radius 2 is 1.77 bits per heavy atom. The van der Waals surface area contributed by atoms with Gasteiger partial charge in [-0.25, -0.2) is 13.8 Å². The normalized spacial score (nSPS) is 22.1. The fourth-order valence-electron chi connectivity index (χ4n) is 7.51. The first-order chi connectivity index (χ1) is 21.8. The fourth-order valence-corrected chi connectivity index (χ4v) is 7.90. The molecule has 1 aromatic heterocycles. The number of likely N-dealkylation sites (tertiary alicyclic amines) is 1. The van der Waals surface area contributed by atoms with Crippen LogP contribution >= 0.6 is 22.9 Å². The molecule has 15 heteroatoms. The Labute approximate surface area is 280 Å². The topological polar surface area (TPSA) is 128 Å². The first-order valence-corrected chi connectivity index (χ1v) is 15.5. The first-order valence-electron chi connectivity index (χ1n) is 14.5. The third-order valence-electron chi connectivity index (χ3n) is 9.67. The van der Waals surface area contributed by atoms with Gasteiger partial charge in [-0.15, -0.1) is 0 Å². The van der Waals surface area contributed by atoms with Gasteiger partial charge in [-0.2, -0.15) is 13.2 Å². The van der Waals surface area contributed by atoms with Crippen LogP contribution in [0.25, 0.3) is 11.1 Å². The number of aromatic nitrogens is 2. The average molecular weight is 772 g/mol. The lowest BCUT2D eigenvalue weighted by Gasteiger charge is -2.34. The number of benzene rings is 2. The second-order valence-corrected chi connectivity index (χ2v) is 13.9. The van der Waals surface area contributed by atoms with Crippen LogP contribution in [-0.4, -0.2) is 54.4 Å². The Morgan fingerprint density at radius 1 is 1.15 bits per heavy atom. The number of aliphatic carboxylic acids is 1. The van der Waals surface area contributed by atoms with Gasteiger partial charge in [0, 0.05) is 35.5 Å². The minimum Gasteiger partial charge on any atom is -0.481 e. The van der Waals surface area contributed by atoms with Gasteiger partial charge in [-0.05, 0) is 54.9 Å². The van der Waals surface area contributed by atoms with Crippen molar-refractivity contribution in [3.05, 3.63) is 75.9 Å². The quantitative estimate of drug-likeness (QED) is 0.139. The number of carbonyl (C=O) groups is 3. The maximum Gasteiger partial charge on any atom is 0.419 e. The van der Waals surface area contributed by atoms with Gasteiger partial charge in [0.25, 0.3) is 5.91 Å². The zero-order valence-electron chi connectivity index (χ0n) is 25.9. The number of carbonyl (C=O) groups excluding carboxylic acids is 2. The molecule has 2 aliphatic rings. The van der Waals surface area contributed by atoms with E-state index in [0.29, 0.717) is 17.2 Å². The Bertz CT molecular complexity index is 1820. The summed E-state index contributed by atoms with van der Waals surface area (Å²) < 4.78 is 76.6. The average Bonchev–Trinajstić information content (AvgIpc) is 3.30. The van der Waals surface area contributed by atoms with E-state index >= 15 is 8.78 Å². The van der Waals surface area contributed by atoms with Gasteiger partial charge in [0.1, 0.15) is 29.7 Å². The standard InChI is InChI=1S/C32H31F5IN5O4/c1-14-6-15(2)23(16(3)7-14)17-8-18(32(35,36)37)26(34)24(25(17)33)19(9-22(44)45)41-28(46)27-31(12-39)21(30(31,4)5)11-43(27)29(47)20-10-42(38)13-40-20/h6-8,10,12-13,19,21,27,39H,9,11H2,1-5H3,(H,41,46)(H,44,45)/t19-,21?,27+,31?/m0/s1. The number of halogens is 6. The molecule has 2 amide bonds. The van der Waals surface area contributed by atoms with Crippen LogP contribution in [0.15, 0.2) is 30.7 Å². The smallest absolute Gasteiger partial charge is 0.419 e. The van der Waals surface area contributed by atoms with Crippen molar-refractivity contribution in [3.8, 4) is 11.1 Å². The molecule has 0 spiro atoms. The van der Waals surface area contributed by atoms with Crippen LogP contribution in [0.4, 0.5) is 22.0 Å². The number of amides is 2. The molecule has 4 atom stereocenters. The number of imidazole rings is 1. The van der Waals surface area contributed by atoms with E-state index in [4.69, 9.17) is 5.41 Å². The molecule has 3 aromatic rings. The molecule has 2 unspecified atom stereocenters. The highest BCUT2D eigenvalue weighted by Crippen LogP contribution is 2.74. The highest BCUT2D eigenvalue weighted by Gasteiger charge is 2.80. The van der Waals surface area contributed by atoms with Gasteiger partial charge in [-0.3, -0.25) is 17.2 Å². The van der Waals surface area contributed by atoms with E-state index in [1.807, 2.05) is 22.9 Å². The number of rotatable bonds is 8. The van der Waals surface area contributed by atoms with Crippen LogP contribution in [0.1, 0.15) is 64.6 Å². The largest absolute Gasteiger partial charge is 0.481 e. The molecule has 2 aromatic carbocycles. The molecule has 9 nitrogen and oxygen atoms in total. The highest BCUT2D eigenvalue weighted by molar-refractivity contribution is 14.1. The lowest BCUT2D eigenvalue weighted by Crippen LogP contribution is -2.54. The summed E-state index contributed by atoms with van der Waals surface area (Å²) >= 11 is 1.87. The predicted molar refractivity (Wildman–Crippen MR) is 169 cm³/mol. The van der Waals surface area contributed by atoms with Crippen molar-refractivity contribution in [2.75, 3.05) is 6.54 Å². The van der Waals surface area contributed by atoms with Crippen molar-refractivity contribution in [2.45, 2.75) is 59.3 Å². The van der Waals surface area contributed by atoms with Gasteiger partial charge in [0.05, 0.1) is 40.9 Å². The summed E-state index contributed by atoms with van der Waals surface area (Å²) in [7, 11) is 0. The molecule has 1 aliphatic carbocycles. The van der Waals surface area contributed by atoms with Gasteiger partial charge < -0.3 is 20.7 Å². The summed E-state index contributed by atoms with van der Waals surface area (Å²) in [5, 5.41) is 20.3. The van der Waals surface area contributed by atoms with Crippen LogP contribution in [-0.2, 0) is 15.8 Å². The van der Waals surface area contributed by atoms with Gasteiger partial charge in [-0.1, -0.05) is 31.5 Å². The van der Waals surface area contributed by atoms with Gasteiger partial charge in [0.15, 0.2) is 0 Å². The molecule has 250 valence electrons. The van der Waals surface area contributed by atoms with E-state index in [1.54, 1.807) is 46.8 Å². The molecule has 2 heterocycles. The molecule has 47 heavy (non-hydrogen) atoms. The third kappa shape index (κ3) is 5.49. The van der Waals surface area contributed by atoms with Crippen LogP contribution in [0.2, 0.25) is 0 Å². The van der Waals surface area contributed by atoms with E-state index in [0.717, 1.165) is 16.7 Å². The number of hydrogen-bond donors (Lipinski definition) is 3. The zero-order chi connectivity index (χ0) is 35.0. The summed E-state index contributed by atoms with van der Waals surface area (Å²) in [6.07, 6.45) is -2.70. The number of carboxylic acids is 1. The van der Waals surface area contributed by atoms with Gasteiger partial charge in [0.2, 0.25) is 5.91 Å². The van der Waals surface area contributed by atoms with E-state index in [9.17, 15) is 32.7 Å². The number of fused-ring (bicyclic) bond motifs is 1. The molecule has 2 fully saturated rings. The number of nitrogens with zero attached hydrogens (tertiary/aromatic N) is 3. The molecule has 1 saturated heterocycles. The summed E-state index contributed by atoms with van der Waals surface area (Å²) in [6.45, 7) is 8.43. The van der Waals surface area contributed by atoms with E-state index in [-0.39, 0.29) is 23.7 Å². The van der Waals surface area contributed by atoms with Crippen molar-refractivity contribution < 1.29 is 41.4 Å². The summed E-state index contributed by atoms with van der Waals surface area (Å²) in [5.74, 6) is -7.32. The van der Waals surface area contributed by atoms with Gasteiger partial charge >= 0.3 is 12.1 Å². The third-order valence-corrected chi connectivity index (χ3v) is 10.2. The van der Waals surface area contributed by atoms with Crippen molar-refractivity contribution in [1.82, 2.24) is 18.0 Å². The Balaban J connectivity index is 1.66. The lowest BCUT2D eigenvalue weighted by atomic mass is 9.86. The second kappa shape index (κ2) is 11.7. The number of nitrogens with one attached hydrogen (secondary N) is 2. The molecule has 3 N–H and O–H groups in total. The SMILES string of the molecule is Cc1cc(C)c(-c2cc(C(F)(F)F)c(F)c([C@H](CC(=O)O)NC(=O)[C@H]3N(C(=O)c4cn(I)cn4)CC4C(C)(C)C43C=N)c2F)c(C)c1. The Kier molecular flexibility index (Phi) is 8.55. The predicted octanol–water partition coefficient (Wildman–Crippen LogP) is 6.42. The summed E-state index contributed by atoms with van der Waals surface area (Å²) in [5.41, 5.74) is -4.06. The second-order valence-electron chi connectivity index (χ2n) is 12.8. The zero-order valence-corrected chi connectivity index (χ0v) is 28.0. The van der Waals surface area contributed by atoms with Crippen molar-refractivity contribution >= 4 is 46.9 Å². The minimum atomic E-state index is -5.31. The van der Waals surface area contributed by atoms with Crippen LogP contribution in [0, 0.1) is 54.6 Å². The minimum absolute atomic E-state index is 0.0133. The Hall–Kier alpha value is -3.89. The maximum atomic E-state index is 16.5. The number of carboxylic acid groups (broad SMARTS) is 1. The summed E-state index contributed by atoms with van der Waals surface area (Å²) in [4.78, 5) is 44.9. The number of piperidine rings is 1. The number of aryl methyl sites for hydroxylation is 3. The number of alkyl halides is 3. The maximum absolute atomic E-state index is 16.5. The van der Waals surface area contributed by atoms with Crippen LogP contribution in [0.3, 0.4) is 0 Å².